The minimum atomic E-state index is -0.251. The first-order valence-corrected chi connectivity index (χ1v) is 4.13. The van der Waals surface area contributed by atoms with Crippen molar-refractivity contribution in [2.75, 3.05) is 0 Å². The number of rotatable bonds is 7. The van der Waals surface area contributed by atoms with E-state index in [0.717, 1.165) is 38.4 Å². The van der Waals surface area contributed by atoms with Crippen molar-refractivity contribution in [1.29, 1.82) is 0 Å². The smallest absolute Gasteiger partial charge is 0.136 e. The van der Waals surface area contributed by atoms with Gasteiger partial charge in [-0.15, -0.1) is 6.58 Å². The van der Waals surface area contributed by atoms with Crippen molar-refractivity contribution in [3.8, 4) is 0 Å². The first kappa shape index (κ1) is 10.4. The summed E-state index contributed by atoms with van der Waals surface area (Å²) in [5, 5.41) is 0. The van der Waals surface area contributed by atoms with Crippen LogP contribution in [0.3, 0.4) is 0 Å². The fourth-order valence-corrected chi connectivity index (χ4v) is 0.914. The molecule has 1 atom stereocenters. The van der Waals surface area contributed by atoms with Crippen LogP contribution in [0.4, 0.5) is 0 Å². The highest BCUT2D eigenvalue weighted by atomic mass is 16.1. The highest BCUT2D eigenvalue weighted by molar-refractivity contribution is 5.56. The molecule has 0 aliphatic carbocycles. The van der Waals surface area contributed by atoms with Gasteiger partial charge in [-0.25, -0.2) is 0 Å². The Hall–Kier alpha value is -0.630. The Bertz CT molecular complexity index is 112. The van der Waals surface area contributed by atoms with Gasteiger partial charge in [-0.1, -0.05) is 18.9 Å². The number of carbonyl (C=O) groups is 1. The normalized spacial score (nSPS) is 12.5. The van der Waals surface area contributed by atoms with Gasteiger partial charge < -0.3 is 10.5 Å². The number of unbranched alkanes of at least 4 members (excludes halogenated alkanes) is 3. The monoisotopic (exact) mass is 155 g/mol. The van der Waals surface area contributed by atoms with Gasteiger partial charge in [0.05, 0.1) is 6.04 Å². The Kier molecular flexibility index (Phi) is 7.05. The van der Waals surface area contributed by atoms with Crippen LogP contribution >= 0.6 is 0 Å². The number of aldehydes is 1. The number of carbonyl (C=O) groups excluding carboxylic acids is 1. The summed E-state index contributed by atoms with van der Waals surface area (Å²) in [6.45, 7) is 3.63. The third-order valence-corrected chi connectivity index (χ3v) is 1.62. The molecular formula is C9H17NO. The average molecular weight is 155 g/mol. The van der Waals surface area contributed by atoms with Crippen molar-refractivity contribution in [3.63, 3.8) is 0 Å². The molecule has 0 bridgehead atoms. The van der Waals surface area contributed by atoms with Crippen LogP contribution in [0.25, 0.3) is 0 Å². The molecular weight excluding hydrogens is 138 g/mol. The first-order valence-electron chi connectivity index (χ1n) is 4.13. The number of hydrogen-bond acceptors (Lipinski definition) is 2. The Morgan fingerprint density at radius 1 is 1.36 bits per heavy atom. The highest BCUT2D eigenvalue weighted by Gasteiger charge is 1.97. The van der Waals surface area contributed by atoms with Crippen molar-refractivity contribution in [1.82, 2.24) is 0 Å². The van der Waals surface area contributed by atoms with E-state index in [2.05, 4.69) is 6.58 Å². The van der Waals surface area contributed by atoms with Gasteiger partial charge in [0.1, 0.15) is 6.29 Å². The minimum Gasteiger partial charge on any atom is -0.322 e. The van der Waals surface area contributed by atoms with Crippen molar-refractivity contribution < 1.29 is 4.79 Å². The third kappa shape index (κ3) is 7.26. The maximum Gasteiger partial charge on any atom is 0.136 e. The first-order chi connectivity index (χ1) is 5.31. The summed E-state index contributed by atoms with van der Waals surface area (Å²) in [4.78, 5) is 10.1. The lowest BCUT2D eigenvalue weighted by Crippen LogP contribution is -2.20. The van der Waals surface area contributed by atoms with Crippen LogP contribution in [0.2, 0.25) is 0 Å². The number of hydrogen-bond donors (Lipinski definition) is 1. The Morgan fingerprint density at radius 3 is 2.64 bits per heavy atom. The van der Waals surface area contributed by atoms with Gasteiger partial charge in [-0.2, -0.15) is 0 Å². The molecule has 0 rings (SSSR count). The summed E-state index contributed by atoms with van der Waals surface area (Å²) in [6, 6.07) is -0.251. The van der Waals surface area contributed by atoms with Gasteiger partial charge in [-0.05, 0) is 19.3 Å². The molecule has 0 fully saturated rings. The molecule has 1 unspecified atom stereocenters. The quantitative estimate of drug-likeness (QED) is 0.345. The van der Waals surface area contributed by atoms with Crippen molar-refractivity contribution in [2.24, 2.45) is 5.73 Å². The lowest BCUT2D eigenvalue weighted by molar-refractivity contribution is -0.109. The molecule has 0 radical (unpaired) electrons. The van der Waals surface area contributed by atoms with Crippen LogP contribution in [0.5, 0.6) is 0 Å². The van der Waals surface area contributed by atoms with Crippen molar-refractivity contribution >= 4 is 6.29 Å². The SMILES string of the molecule is C=CCCCCCC(N)C=O. The second-order valence-electron chi connectivity index (χ2n) is 2.73. The van der Waals surface area contributed by atoms with Gasteiger partial charge in [0.15, 0.2) is 0 Å². The topological polar surface area (TPSA) is 43.1 Å². The fraction of sp³-hybridized carbons (Fsp3) is 0.667. The van der Waals surface area contributed by atoms with Crippen LogP contribution < -0.4 is 5.73 Å². The maximum atomic E-state index is 10.1. The number of allylic oxidation sites excluding steroid dienone is 1. The maximum absolute atomic E-state index is 10.1. The van der Waals surface area contributed by atoms with Crippen LogP contribution in [0.15, 0.2) is 12.7 Å². The van der Waals surface area contributed by atoms with Gasteiger partial charge in [0.2, 0.25) is 0 Å². The molecule has 0 aliphatic heterocycles. The van der Waals surface area contributed by atoms with E-state index in [0.29, 0.717) is 0 Å². The van der Waals surface area contributed by atoms with Crippen molar-refractivity contribution in [3.05, 3.63) is 12.7 Å². The molecule has 2 heteroatoms. The molecule has 64 valence electrons. The van der Waals surface area contributed by atoms with E-state index >= 15 is 0 Å². The molecule has 0 aromatic rings. The van der Waals surface area contributed by atoms with Crippen LogP contribution in [0.1, 0.15) is 32.1 Å². The van der Waals surface area contributed by atoms with Crippen molar-refractivity contribution in [2.45, 2.75) is 38.1 Å². The predicted molar refractivity (Wildman–Crippen MR) is 47.3 cm³/mol. The summed E-state index contributed by atoms with van der Waals surface area (Å²) in [7, 11) is 0. The molecule has 0 amide bonds. The Balaban J connectivity index is 3.01. The minimum absolute atomic E-state index is 0.251. The lowest BCUT2D eigenvalue weighted by Gasteiger charge is -2.01. The average Bonchev–Trinajstić information content (AvgIpc) is 2.04. The summed E-state index contributed by atoms with van der Waals surface area (Å²) in [6.07, 6.45) is 7.97. The molecule has 0 aliphatic rings. The standard InChI is InChI=1S/C9H17NO/c1-2-3-4-5-6-7-9(10)8-11/h2,8-9H,1,3-7,10H2. The molecule has 2 nitrogen and oxygen atoms in total. The van der Waals surface area contributed by atoms with E-state index in [-0.39, 0.29) is 6.04 Å². The van der Waals surface area contributed by atoms with Gasteiger partial charge >= 0.3 is 0 Å². The molecule has 2 N–H and O–H groups in total. The van der Waals surface area contributed by atoms with E-state index < -0.39 is 0 Å². The van der Waals surface area contributed by atoms with E-state index in [1.807, 2.05) is 6.08 Å². The highest BCUT2D eigenvalue weighted by Crippen LogP contribution is 2.03. The number of nitrogens with two attached hydrogens (primary N) is 1. The fourth-order valence-electron chi connectivity index (χ4n) is 0.914. The molecule has 0 saturated heterocycles. The van der Waals surface area contributed by atoms with E-state index in [9.17, 15) is 4.79 Å². The zero-order valence-electron chi connectivity index (χ0n) is 6.96. The summed E-state index contributed by atoms with van der Waals surface area (Å²) in [5.41, 5.74) is 5.40. The van der Waals surface area contributed by atoms with Gasteiger partial charge in [-0.3, -0.25) is 0 Å². The second-order valence-corrected chi connectivity index (χ2v) is 2.73. The molecule has 0 aromatic carbocycles. The van der Waals surface area contributed by atoms with E-state index in [1.165, 1.54) is 0 Å². The predicted octanol–water partition coefficient (Wildman–Crippen LogP) is 1.65. The third-order valence-electron chi connectivity index (χ3n) is 1.62. The van der Waals surface area contributed by atoms with Gasteiger partial charge in [0, 0.05) is 0 Å². The molecule has 11 heavy (non-hydrogen) atoms. The van der Waals surface area contributed by atoms with Crippen LogP contribution in [-0.4, -0.2) is 12.3 Å². The van der Waals surface area contributed by atoms with E-state index in [1.54, 1.807) is 0 Å². The second kappa shape index (κ2) is 7.48. The Labute approximate surface area is 68.5 Å². The van der Waals surface area contributed by atoms with Gasteiger partial charge in [0.25, 0.3) is 0 Å². The van der Waals surface area contributed by atoms with E-state index in [4.69, 9.17) is 5.73 Å². The summed E-state index contributed by atoms with van der Waals surface area (Å²) < 4.78 is 0. The Morgan fingerprint density at radius 2 is 2.09 bits per heavy atom. The zero-order chi connectivity index (χ0) is 8.53. The van der Waals surface area contributed by atoms with Crippen LogP contribution in [-0.2, 0) is 4.79 Å². The summed E-state index contributed by atoms with van der Waals surface area (Å²) in [5.74, 6) is 0. The summed E-state index contributed by atoms with van der Waals surface area (Å²) >= 11 is 0. The largest absolute Gasteiger partial charge is 0.322 e. The lowest BCUT2D eigenvalue weighted by atomic mass is 10.1. The zero-order valence-corrected chi connectivity index (χ0v) is 6.96. The molecule has 0 spiro atoms. The molecule has 0 heterocycles. The van der Waals surface area contributed by atoms with Crippen LogP contribution in [0, 0.1) is 0 Å². The molecule has 0 aromatic heterocycles. The molecule has 0 saturated carbocycles.